The number of benzene rings is 1. The lowest BCUT2D eigenvalue weighted by Gasteiger charge is -2.16. The van der Waals surface area contributed by atoms with Gasteiger partial charge < -0.3 is 15.4 Å². The number of amides is 2. The fraction of sp³-hybridized carbons (Fsp3) is 0.600. The summed E-state index contributed by atoms with van der Waals surface area (Å²) in [6.07, 6.45) is 9.13. The largest absolute Gasteiger partial charge is 0.376 e. The summed E-state index contributed by atoms with van der Waals surface area (Å²) in [6.45, 7) is 1.30. The zero-order valence-corrected chi connectivity index (χ0v) is 14.8. The first-order chi connectivity index (χ1) is 12.2. The van der Waals surface area contributed by atoms with Gasteiger partial charge in [0.15, 0.2) is 0 Å². The zero-order chi connectivity index (χ0) is 17.5. The molecule has 1 atom stereocenters. The fourth-order valence-electron chi connectivity index (χ4n) is 3.61. The second kappa shape index (κ2) is 8.99. The lowest BCUT2D eigenvalue weighted by atomic mass is 10.1. The number of carbonyl (C=O) groups excluding carboxylic acids is 2. The van der Waals surface area contributed by atoms with E-state index in [1.165, 1.54) is 25.7 Å². The highest BCUT2D eigenvalue weighted by molar-refractivity contribution is 5.99. The van der Waals surface area contributed by atoms with Crippen molar-refractivity contribution in [3.05, 3.63) is 35.4 Å². The standard InChI is InChI=1S/C20H28N2O3/c23-19(21-14-18-11-6-12-25-18)15-7-5-8-16(13-15)20(24)22-17-9-3-1-2-4-10-17/h5,7-8,13,17-18H,1-4,6,9-12,14H2,(H,21,23)(H,22,24). The van der Waals surface area contributed by atoms with Crippen LogP contribution in [0, 0.1) is 0 Å². The van der Waals surface area contributed by atoms with Crippen molar-refractivity contribution in [1.82, 2.24) is 10.6 Å². The molecule has 1 saturated heterocycles. The number of carbonyl (C=O) groups is 2. The third-order valence-corrected chi connectivity index (χ3v) is 5.09. The Morgan fingerprint density at radius 1 is 0.960 bits per heavy atom. The van der Waals surface area contributed by atoms with Crippen LogP contribution in [0.25, 0.3) is 0 Å². The molecule has 136 valence electrons. The molecule has 2 aliphatic rings. The molecule has 2 amide bonds. The summed E-state index contributed by atoms with van der Waals surface area (Å²) in [5.41, 5.74) is 1.07. The average molecular weight is 344 g/mol. The second-order valence-corrected chi connectivity index (χ2v) is 7.09. The van der Waals surface area contributed by atoms with Crippen LogP contribution < -0.4 is 10.6 Å². The fourth-order valence-corrected chi connectivity index (χ4v) is 3.61. The third-order valence-electron chi connectivity index (χ3n) is 5.09. The van der Waals surface area contributed by atoms with E-state index >= 15 is 0 Å². The number of hydrogen-bond donors (Lipinski definition) is 2. The Morgan fingerprint density at radius 3 is 2.36 bits per heavy atom. The molecular weight excluding hydrogens is 316 g/mol. The number of nitrogens with one attached hydrogen (secondary N) is 2. The van der Waals surface area contributed by atoms with Crippen molar-refractivity contribution in [2.75, 3.05) is 13.2 Å². The molecule has 2 N–H and O–H groups in total. The molecule has 3 rings (SSSR count). The Hall–Kier alpha value is -1.88. The van der Waals surface area contributed by atoms with Crippen LogP contribution in [0.15, 0.2) is 24.3 Å². The van der Waals surface area contributed by atoms with Crippen molar-refractivity contribution in [3.8, 4) is 0 Å². The molecular formula is C20H28N2O3. The third kappa shape index (κ3) is 5.30. The Balaban J connectivity index is 1.55. The lowest BCUT2D eigenvalue weighted by molar-refractivity contribution is 0.0857. The molecule has 1 saturated carbocycles. The van der Waals surface area contributed by atoms with E-state index in [2.05, 4.69) is 10.6 Å². The summed E-state index contributed by atoms with van der Waals surface area (Å²) in [7, 11) is 0. The summed E-state index contributed by atoms with van der Waals surface area (Å²) in [6, 6.07) is 7.21. The first kappa shape index (κ1) is 17.9. The van der Waals surface area contributed by atoms with E-state index in [9.17, 15) is 9.59 Å². The number of ether oxygens (including phenoxy) is 1. The summed E-state index contributed by atoms with van der Waals surface area (Å²) in [5, 5.41) is 6.03. The molecule has 0 aromatic heterocycles. The molecule has 1 aliphatic carbocycles. The Bertz CT molecular complexity index is 588. The average Bonchev–Trinajstić information content (AvgIpc) is 3.03. The quantitative estimate of drug-likeness (QED) is 0.807. The number of hydrogen-bond acceptors (Lipinski definition) is 3. The molecule has 0 radical (unpaired) electrons. The van der Waals surface area contributed by atoms with Gasteiger partial charge in [0, 0.05) is 30.3 Å². The highest BCUT2D eigenvalue weighted by Crippen LogP contribution is 2.18. The van der Waals surface area contributed by atoms with E-state index in [0.717, 1.165) is 32.3 Å². The van der Waals surface area contributed by atoms with Crippen LogP contribution in [-0.4, -0.2) is 37.1 Å². The van der Waals surface area contributed by atoms with Crippen LogP contribution in [0.2, 0.25) is 0 Å². The molecule has 0 bridgehead atoms. The van der Waals surface area contributed by atoms with Gasteiger partial charge in [-0.15, -0.1) is 0 Å². The topological polar surface area (TPSA) is 67.4 Å². The predicted octanol–water partition coefficient (Wildman–Crippen LogP) is 3.05. The minimum atomic E-state index is -0.153. The molecule has 1 heterocycles. The lowest BCUT2D eigenvalue weighted by Crippen LogP contribution is -2.35. The normalized spacial score (nSPS) is 21.5. The van der Waals surface area contributed by atoms with E-state index < -0.39 is 0 Å². The van der Waals surface area contributed by atoms with Crippen LogP contribution >= 0.6 is 0 Å². The summed E-state index contributed by atoms with van der Waals surface area (Å²) >= 11 is 0. The number of rotatable bonds is 5. The van der Waals surface area contributed by atoms with Crippen LogP contribution in [0.1, 0.15) is 72.1 Å². The summed E-state index contributed by atoms with van der Waals surface area (Å²) < 4.78 is 5.52. The van der Waals surface area contributed by atoms with Crippen LogP contribution in [0.5, 0.6) is 0 Å². The molecule has 1 aromatic rings. The van der Waals surface area contributed by atoms with E-state index in [1.54, 1.807) is 24.3 Å². The van der Waals surface area contributed by atoms with Gasteiger partial charge in [0.1, 0.15) is 0 Å². The van der Waals surface area contributed by atoms with E-state index in [-0.39, 0.29) is 24.0 Å². The maximum Gasteiger partial charge on any atom is 0.251 e. The highest BCUT2D eigenvalue weighted by Gasteiger charge is 2.18. The maximum atomic E-state index is 12.5. The van der Waals surface area contributed by atoms with Crippen molar-refractivity contribution in [1.29, 1.82) is 0 Å². The van der Waals surface area contributed by atoms with Gasteiger partial charge >= 0.3 is 0 Å². The molecule has 1 unspecified atom stereocenters. The molecule has 1 aromatic carbocycles. The molecule has 5 heteroatoms. The van der Waals surface area contributed by atoms with Crippen molar-refractivity contribution >= 4 is 11.8 Å². The van der Waals surface area contributed by atoms with Crippen molar-refractivity contribution in [3.63, 3.8) is 0 Å². The SMILES string of the molecule is O=C(NCC1CCCO1)c1cccc(C(=O)NC2CCCCCC2)c1. The Labute approximate surface area is 149 Å². The monoisotopic (exact) mass is 344 g/mol. The van der Waals surface area contributed by atoms with Crippen LogP contribution in [0.3, 0.4) is 0 Å². The van der Waals surface area contributed by atoms with E-state index in [1.807, 2.05) is 0 Å². The van der Waals surface area contributed by atoms with Gasteiger partial charge in [-0.3, -0.25) is 9.59 Å². The van der Waals surface area contributed by atoms with Gasteiger partial charge in [0.25, 0.3) is 11.8 Å². The first-order valence-corrected chi connectivity index (χ1v) is 9.53. The summed E-state index contributed by atoms with van der Waals surface area (Å²) in [5.74, 6) is -0.236. The van der Waals surface area contributed by atoms with E-state index in [0.29, 0.717) is 17.7 Å². The van der Waals surface area contributed by atoms with Gasteiger partial charge in [-0.25, -0.2) is 0 Å². The van der Waals surface area contributed by atoms with Gasteiger partial charge in [-0.05, 0) is 43.9 Å². The highest BCUT2D eigenvalue weighted by atomic mass is 16.5. The molecule has 0 spiro atoms. The minimum Gasteiger partial charge on any atom is -0.376 e. The van der Waals surface area contributed by atoms with Crippen LogP contribution in [0.4, 0.5) is 0 Å². The Kier molecular flexibility index (Phi) is 6.45. The van der Waals surface area contributed by atoms with Crippen molar-refractivity contribution in [2.24, 2.45) is 0 Å². The predicted molar refractivity (Wildman–Crippen MR) is 96.7 cm³/mol. The van der Waals surface area contributed by atoms with E-state index in [4.69, 9.17) is 4.74 Å². The maximum absolute atomic E-state index is 12.5. The van der Waals surface area contributed by atoms with Crippen LogP contribution in [-0.2, 0) is 4.74 Å². The molecule has 25 heavy (non-hydrogen) atoms. The van der Waals surface area contributed by atoms with Gasteiger partial charge in [0.2, 0.25) is 0 Å². The van der Waals surface area contributed by atoms with Gasteiger partial charge in [0.05, 0.1) is 6.10 Å². The minimum absolute atomic E-state index is 0.0827. The molecule has 2 fully saturated rings. The second-order valence-electron chi connectivity index (χ2n) is 7.09. The van der Waals surface area contributed by atoms with Gasteiger partial charge in [-0.1, -0.05) is 31.7 Å². The van der Waals surface area contributed by atoms with Crippen molar-refractivity contribution < 1.29 is 14.3 Å². The van der Waals surface area contributed by atoms with Crippen molar-refractivity contribution in [2.45, 2.75) is 63.5 Å². The smallest absolute Gasteiger partial charge is 0.251 e. The summed E-state index contributed by atoms with van der Waals surface area (Å²) in [4.78, 5) is 24.8. The zero-order valence-electron chi connectivity index (χ0n) is 14.8. The molecule has 1 aliphatic heterocycles. The van der Waals surface area contributed by atoms with Gasteiger partial charge in [-0.2, -0.15) is 0 Å². The molecule has 5 nitrogen and oxygen atoms in total. The first-order valence-electron chi connectivity index (χ1n) is 9.53. The Morgan fingerprint density at radius 2 is 1.68 bits per heavy atom.